The van der Waals surface area contributed by atoms with Crippen molar-refractivity contribution in [2.45, 2.75) is 19.8 Å². The number of halogens is 2. The molecule has 2 aromatic carbocycles. The van der Waals surface area contributed by atoms with Gasteiger partial charge in [0.1, 0.15) is 11.6 Å². The van der Waals surface area contributed by atoms with Gasteiger partial charge in [0.15, 0.2) is 0 Å². The zero-order valence-corrected chi connectivity index (χ0v) is 13.9. The summed E-state index contributed by atoms with van der Waals surface area (Å²) in [6.45, 7) is 2.89. The quantitative estimate of drug-likeness (QED) is 0.727. The van der Waals surface area contributed by atoms with E-state index in [0.29, 0.717) is 10.0 Å². The van der Waals surface area contributed by atoms with Crippen LogP contribution in [-0.2, 0) is 9.59 Å². The summed E-state index contributed by atoms with van der Waals surface area (Å²) in [4.78, 5) is 24.1. The zero-order valence-electron chi connectivity index (χ0n) is 12.3. The summed E-state index contributed by atoms with van der Waals surface area (Å²) in [6.07, 6.45) is 0. The third-order valence-electron chi connectivity index (χ3n) is 3.67. The lowest BCUT2D eigenvalue weighted by atomic mass is 9.77. The molecule has 0 aromatic heterocycles. The summed E-state index contributed by atoms with van der Waals surface area (Å²) < 4.78 is 0. The highest BCUT2D eigenvalue weighted by Crippen LogP contribution is 2.36. The summed E-state index contributed by atoms with van der Waals surface area (Å²) in [5, 5.41) is 0.852. The van der Waals surface area contributed by atoms with E-state index in [1.54, 1.807) is 12.1 Å². The van der Waals surface area contributed by atoms with Crippen LogP contribution in [0.25, 0.3) is 0 Å². The van der Waals surface area contributed by atoms with Crippen LogP contribution in [0, 0.1) is 5.92 Å². The Bertz CT molecular complexity index is 681. The molecule has 1 unspecified atom stereocenters. The Morgan fingerprint density at radius 2 is 1.41 bits per heavy atom. The van der Waals surface area contributed by atoms with E-state index < -0.39 is 5.92 Å². The molecule has 0 bridgehead atoms. The van der Waals surface area contributed by atoms with Crippen molar-refractivity contribution in [2.75, 3.05) is 0 Å². The average Bonchev–Trinajstić information content (AvgIpc) is 2.47. The van der Waals surface area contributed by atoms with Gasteiger partial charge in [-0.1, -0.05) is 59.6 Å². The number of carbonyl (C=O) groups excluding carboxylic acids is 2. The second-order valence-corrected chi connectivity index (χ2v) is 6.08. The van der Waals surface area contributed by atoms with Crippen LogP contribution in [0.1, 0.15) is 30.9 Å². The molecule has 0 saturated heterocycles. The molecule has 2 aromatic rings. The van der Waals surface area contributed by atoms with Crippen LogP contribution >= 0.6 is 23.2 Å². The molecule has 0 saturated carbocycles. The lowest BCUT2D eigenvalue weighted by Crippen LogP contribution is -2.27. The Morgan fingerprint density at radius 3 is 1.91 bits per heavy atom. The number of hydrogen-bond acceptors (Lipinski definition) is 2. The molecule has 2 nitrogen and oxygen atoms in total. The fourth-order valence-electron chi connectivity index (χ4n) is 2.70. The van der Waals surface area contributed by atoms with Crippen molar-refractivity contribution in [1.82, 2.24) is 0 Å². The third kappa shape index (κ3) is 3.57. The molecule has 0 aliphatic carbocycles. The molecule has 0 aliphatic rings. The Morgan fingerprint density at radius 1 is 0.818 bits per heavy atom. The molecule has 0 spiro atoms. The first-order valence-corrected chi connectivity index (χ1v) is 7.68. The van der Waals surface area contributed by atoms with Gasteiger partial charge in [-0.15, -0.1) is 0 Å². The van der Waals surface area contributed by atoms with Gasteiger partial charge in [-0.2, -0.15) is 0 Å². The van der Waals surface area contributed by atoms with Crippen LogP contribution in [0.15, 0.2) is 48.5 Å². The zero-order chi connectivity index (χ0) is 16.3. The van der Waals surface area contributed by atoms with E-state index in [1.165, 1.54) is 13.8 Å². The molecule has 0 amide bonds. The highest BCUT2D eigenvalue weighted by atomic mass is 35.5. The van der Waals surface area contributed by atoms with Gasteiger partial charge in [0.2, 0.25) is 0 Å². The normalized spacial score (nSPS) is 12.2. The first-order valence-electron chi connectivity index (χ1n) is 6.92. The van der Waals surface area contributed by atoms with Crippen molar-refractivity contribution in [3.05, 3.63) is 69.7 Å². The lowest BCUT2D eigenvalue weighted by Gasteiger charge is -2.24. The fraction of sp³-hybridized carbons (Fsp3) is 0.222. The summed E-state index contributed by atoms with van der Waals surface area (Å²) in [5.41, 5.74) is 1.70. The highest BCUT2D eigenvalue weighted by Gasteiger charge is 2.32. The lowest BCUT2D eigenvalue weighted by molar-refractivity contribution is -0.130. The van der Waals surface area contributed by atoms with E-state index in [1.807, 2.05) is 36.4 Å². The molecule has 2 rings (SSSR count). The topological polar surface area (TPSA) is 34.1 Å². The Balaban J connectivity index is 2.61. The largest absolute Gasteiger partial charge is 0.299 e. The van der Waals surface area contributed by atoms with Crippen molar-refractivity contribution in [2.24, 2.45) is 5.92 Å². The molecule has 1 atom stereocenters. The van der Waals surface area contributed by atoms with Crippen LogP contribution in [0.3, 0.4) is 0 Å². The fourth-order valence-corrected chi connectivity index (χ4v) is 3.01. The van der Waals surface area contributed by atoms with E-state index in [4.69, 9.17) is 23.2 Å². The van der Waals surface area contributed by atoms with E-state index in [0.717, 1.165) is 11.1 Å². The molecule has 0 heterocycles. The summed E-state index contributed by atoms with van der Waals surface area (Å²) in [6, 6.07) is 14.7. The molecule has 4 heteroatoms. The van der Waals surface area contributed by atoms with Crippen molar-refractivity contribution in [3.8, 4) is 0 Å². The monoisotopic (exact) mass is 334 g/mol. The molecular formula is C18H16Cl2O2. The maximum Gasteiger partial charge on any atom is 0.141 e. The second-order valence-electron chi connectivity index (χ2n) is 5.26. The van der Waals surface area contributed by atoms with Gasteiger partial charge in [-0.3, -0.25) is 9.59 Å². The minimum atomic E-state index is -0.736. The minimum Gasteiger partial charge on any atom is -0.299 e. The van der Waals surface area contributed by atoms with Crippen LogP contribution in [0.5, 0.6) is 0 Å². The summed E-state index contributed by atoms with van der Waals surface area (Å²) in [7, 11) is 0. The Labute approximate surface area is 140 Å². The van der Waals surface area contributed by atoms with Gasteiger partial charge in [0, 0.05) is 5.92 Å². The van der Waals surface area contributed by atoms with E-state index in [9.17, 15) is 9.59 Å². The van der Waals surface area contributed by atoms with E-state index >= 15 is 0 Å². The number of rotatable bonds is 5. The summed E-state index contributed by atoms with van der Waals surface area (Å²) >= 11 is 12.1. The average molecular weight is 335 g/mol. The standard InChI is InChI=1S/C18H16Cl2O2/c1-11(21)17(12(2)22)18(13-6-4-3-5-7-13)14-8-9-15(19)16(20)10-14/h3-10,17-18H,1-2H3. The molecular weight excluding hydrogens is 319 g/mol. The van der Waals surface area contributed by atoms with Gasteiger partial charge in [0.05, 0.1) is 16.0 Å². The molecule has 0 N–H and O–H groups in total. The van der Waals surface area contributed by atoms with Gasteiger partial charge in [0.25, 0.3) is 0 Å². The third-order valence-corrected chi connectivity index (χ3v) is 4.41. The van der Waals surface area contributed by atoms with Gasteiger partial charge < -0.3 is 0 Å². The number of ketones is 2. The molecule has 0 fully saturated rings. The van der Waals surface area contributed by atoms with Gasteiger partial charge in [-0.25, -0.2) is 0 Å². The molecule has 114 valence electrons. The highest BCUT2D eigenvalue weighted by molar-refractivity contribution is 6.42. The summed E-state index contributed by atoms with van der Waals surface area (Å²) in [5.74, 6) is -1.43. The van der Waals surface area contributed by atoms with Gasteiger partial charge >= 0.3 is 0 Å². The van der Waals surface area contributed by atoms with Crippen LogP contribution in [0.4, 0.5) is 0 Å². The predicted octanol–water partition coefficient (Wildman–Crippen LogP) is 4.92. The van der Waals surface area contributed by atoms with Crippen molar-refractivity contribution >= 4 is 34.8 Å². The van der Waals surface area contributed by atoms with E-state index in [-0.39, 0.29) is 17.5 Å². The van der Waals surface area contributed by atoms with Crippen molar-refractivity contribution < 1.29 is 9.59 Å². The predicted molar refractivity (Wildman–Crippen MR) is 89.6 cm³/mol. The maximum absolute atomic E-state index is 12.0. The second kappa shape index (κ2) is 7.08. The minimum absolute atomic E-state index is 0.160. The number of carbonyl (C=O) groups is 2. The van der Waals surface area contributed by atoms with Crippen LogP contribution in [0.2, 0.25) is 10.0 Å². The molecule has 22 heavy (non-hydrogen) atoms. The number of benzene rings is 2. The van der Waals surface area contributed by atoms with Crippen molar-refractivity contribution in [1.29, 1.82) is 0 Å². The van der Waals surface area contributed by atoms with Gasteiger partial charge in [-0.05, 0) is 37.1 Å². The SMILES string of the molecule is CC(=O)C(C(C)=O)C(c1ccccc1)c1ccc(Cl)c(Cl)c1. The molecule has 0 aliphatic heterocycles. The molecule has 0 radical (unpaired) electrons. The first-order chi connectivity index (χ1) is 10.4. The van der Waals surface area contributed by atoms with Crippen LogP contribution < -0.4 is 0 Å². The smallest absolute Gasteiger partial charge is 0.141 e. The Kier molecular flexibility index (Phi) is 5.38. The maximum atomic E-state index is 12.0. The number of Topliss-reactive ketones (excluding diaryl/α,β-unsaturated/α-hetero) is 2. The Hall–Kier alpha value is -1.64. The van der Waals surface area contributed by atoms with E-state index in [2.05, 4.69) is 0 Å². The van der Waals surface area contributed by atoms with Crippen LogP contribution in [-0.4, -0.2) is 11.6 Å². The number of hydrogen-bond donors (Lipinski definition) is 0. The first kappa shape index (κ1) is 16.7. The van der Waals surface area contributed by atoms with Crippen molar-refractivity contribution in [3.63, 3.8) is 0 Å².